The maximum Gasteiger partial charge on any atom is 0.309 e. The van der Waals surface area contributed by atoms with Gasteiger partial charge in [-0.3, -0.25) is 9.35 Å². The Morgan fingerprint density at radius 3 is 2.03 bits per heavy atom. The molecule has 0 amide bonds. The first kappa shape index (κ1) is 38.7. The predicted octanol–water partition coefficient (Wildman–Crippen LogP) is -0.353. The van der Waals surface area contributed by atoms with Crippen molar-refractivity contribution < 1.29 is 50.3 Å². The summed E-state index contributed by atoms with van der Waals surface area (Å²) in [6.45, 7) is 7.71. The van der Waals surface area contributed by atoms with Crippen molar-refractivity contribution in [1.82, 2.24) is 0 Å². The van der Waals surface area contributed by atoms with Crippen LogP contribution in [0.3, 0.4) is 0 Å². The molecule has 2 aliphatic rings. The normalized spacial score (nSPS) is 25.5. The van der Waals surface area contributed by atoms with Gasteiger partial charge in [0.2, 0.25) is 0 Å². The Kier molecular flexibility index (Phi) is 15.4. The zero-order valence-corrected chi connectivity index (χ0v) is 22.2. The molecule has 185 valence electrons. The monoisotopic (exact) mass is 493 g/mol. The first-order valence-electron chi connectivity index (χ1n) is 9.29. The molecular formula is C20H38NaO10S. The van der Waals surface area contributed by atoms with Crippen molar-refractivity contribution in [3.05, 3.63) is 28.8 Å². The number of hydrogen-bond acceptors (Lipinski definition) is 3. The Bertz CT molecular complexity index is 873. The van der Waals surface area contributed by atoms with Crippen LogP contribution in [0, 0.1) is 11.3 Å². The number of rotatable bonds is 3. The van der Waals surface area contributed by atoms with Crippen molar-refractivity contribution >= 4 is 45.6 Å². The van der Waals surface area contributed by atoms with Crippen LogP contribution in [0.4, 0.5) is 0 Å². The van der Waals surface area contributed by atoms with Gasteiger partial charge >= 0.3 is 5.97 Å². The number of carbonyl (C=O) groups is 1. The first-order valence-corrected chi connectivity index (χ1v) is 10.7. The van der Waals surface area contributed by atoms with Crippen LogP contribution in [0.15, 0.2) is 17.0 Å². The SMILES string of the molecule is CC(C)c1cc2c(cc1S(=O)(=O)O)[C@@]1(C)CCC[C@@](C)(C(=O)O)[C@@H]1CC2.O.O.O.O.O.[Na]. The summed E-state index contributed by atoms with van der Waals surface area (Å²) in [6, 6.07) is 3.54. The molecule has 0 unspecified atom stereocenters. The van der Waals surface area contributed by atoms with E-state index < -0.39 is 26.9 Å². The molecule has 32 heavy (non-hydrogen) atoms. The number of aliphatic carboxylic acids is 1. The molecule has 0 spiro atoms. The second-order valence-electron chi connectivity index (χ2n) is 8.76. The van der Waals surface area contributed by atoms with Crippen molar-refractivity contribution in [3.63, 3.8) is 0 Å². The Hall–Kier alpha value is -0.600. The molecule has 2 aliphatic carbocycles. The Morgan fingerprint density at radius 2 is 1.59 bits per heavy atom. The van der Waals surface area contributed by atoms with Crippen LogP contribution in [-0.2, 0) is 26.7 Å². The van der Waals surface area contributed by atoms with E-state index in [4.69, 9.17) is 0 Å². The van der Waals surface area contributed by atoms with Gasteiger partial charge in [0, 0.05) is 29.6 Å². The van der Waals surface area contributed by atoms with Crippen LogP contribution >= 0.6 is 0 Å². The summed E-state index contributed by atoms with van der Waals surface area (Å²) < 4.78 is 33.8. The van der Waals surface area contributed by atoms with Gasteiger partial charge < -0.3 is 32.5 Å². The summed E-state index contributed by atoms with van der Waals surface area (Å²) in [7, 11) is -4.34. The Labute approximate surface area is 211 Å². The maximum atomic E-state index is 12.0. The summed E-state index contributed by atoms with van der Waals surface area (Å²) >= 11 is 0. The van der Waals surface area contributed by atoms with E-state index in [-0.39, 0.29) is 73.7 Å². The molecule has 1 aromatic carbocycles. The fourth-order valence-corrected chi connectivity index (χ4v) is 6.31. The van der Waals surface area contributed by atoms with E-state index in [9.17, 15) is 22.9 Å². The smallest absolute Gasteiger partial charge is 0.309 e. The zero-order chi connectivity index (χ0) is 19.5. The second kappa shape index (κ2) is 12.7. The minimum Gasteiger partial charge on any atom is -0.481 e. The van der Waals surface area contributed by atoms with Gasteiger partial charge in [0.05, 0.1) is 10.3 Å². The molecule has 0 aromatic heterocycles. The van der Waals surface area contributed by atoms with E-state index in [1.165, 1.54) is 0 Å². The van der Waals surface area contributed by atoms with Gasteiger partial charge in [-0.15, -0.1) is 0 Å². The number of carboxylic acid groups (broad SMARTS) is 1. The molecule has 10 nitrogen and oxygen atoms in total. The molecule has 3 atom stereocenters. The minimum atomic E-state index is -4.34. The van der Waals surface area contributed by atoms with Crippen LogP contribution < -0.4 is 0 Å². The Morgan fingerprint density at radius 1 is 1.06 bits per heavy atom. The van der Waals surface area contributed by atoms with E-state index >= 15 is 0 Å². The predicted molar refractivity (Wildman–Crippen MR) is 123 cm³/mol. The molecule has 12 N–H and O–H groups in total. The average molecular weight is 494 g/mol. The van der Waals surface area contributed by atoms with Crippen molar-refractivity contribution in [1.29, 1.82) is 0 Å². The van der Waals surface area contributed by atoms with Crippen LogP contribution in [-0.4, -0.2) is 81.0 Å². The van der Waals surface area contributed by atoms with Gasteiger partial charge in [0.15, 0.2) is 0 Å². The van der Waals surface area contributed by atoms with Gasteiger partial charge in [-0.1, -0.05) is 33.3 Å². The fraction of sp³-hybridized carbons (Fsp3) is 0.650. The summed E-state index contributed by atoms with van der Waals surface area (Å²) in [4.78, 5) is 12.0. The molecule has 0 aliphatic heterocycles. The van der Waals surface area contributed by atoms with Crippen LogP contribution in [0.5, 0.6) is 0 Å². The van der Waals surface area contributed by atoms with E-state index in [2.05, 4.69) is 6.92 Å². The van der Waals surface area contributed by atoms with Crippen LogP contribution in [0.1, 0.15) is 76.0 Å². The zero-order valence-electron chi connectivity index (χ0n) is 19.4. The molecule has 12 heteroatoms. The average Bonchev–Trinajstić information content (AvgIpc) is 2.52. The van der Waals surface area contributed by atoms with Gasteiger partial charge in [-0.2, -0.15) is 8.42 Å². The molecule has 1 saturated carbocycles. The number of aryl methyl sites for hydroxylation is 1. The summed E-state index contributed by atoms with van der Waals surface area (Å²) in [5.74, 6) is -0.850. The number of hydrogen-bond donors (Lipinski definition) is 2. The largest absolute Gasteiger partial charge is 0.481 e. The maximum absolute atomic E-state index is 12.0. The van der Waals surface area contributed by atoms with Crippen molar-refractivity contribution in [2.45, 2.75) is 76.0 Å². The molecule has 3 rings (SSSR count). The van der Waals surface area contributed by atoms with Gasteiger partial charge in [0.25, 0.3) is 10.1 Å². The molecule has 0 heterocycles. The topological polar surface area (TPSA) is 249 Å². The Balaban J connectivity index is -0.000000653. The third-order valence-corrected chi connectivity index (χ3v) is 7.78. The second-order valence-corrected chi connectivity index (χ2v) is 10.2. The molecule has 0 bridgehead atoms. The van der Waals surface area contributed by atoms with Gasteiger partial charge in [-0.05, 0) is 72.6 Å². The quantitative estimate of drug-likeness (QED) is 0.421. The standard InChI is InChI=1S/C20H28O5S.Na.5H2O/c1-12(2)14-10-13-6-7-17-19(3,8-5-9-20(17,4)18(21)22)15(13)11-16(14)26(23,24)25;;;;;;/h10-12,17H,5-9H2,1-4H3,(H,21,22)(H,23,24,25);;5*1H2/t17-,19-,20-;;;;;;/m1....../s1. The van der Waals surface area contributed by atoms with Gasteiger partial charge in [-0.25, -0.2) is 0 Å². The minimum absolute atomic E-state index is 0. The molecule has 1 aromatic rings. The summed E-state index contributed by atoms with van der Waals surface area (Å²) in [5.41, 5.74) is 1.42. The molecular weight excluding hydrogens is 455 g/mol. The van der Waals surface area contributed by atoms with E-state index in [1.54, 1.807) is 6.07 Å². The van der Waals surface area contributed by atoms with Crippen molar-refractivity contribution in [2.24, 2.45) is 11.3 Å². The van der Waals surface area contributed by atoms with Crippen molar-refractivity contribution in [2.75, 3.05) is 0 Å². The van der Waals surface area contributed by atoms with E-state index in [0.29, 0.717) is 12.0 Å². The third kappa shape index (κ3) is 6.09. The summed E-state index contributed by atoms with van der Waals surface area (Å²) in [5, 5.41) is 9.86. The van der Waals surface area contributed by atoms with Crippen LogP contribution in [0.25, 0.3) is 0 Å². The molecule has 1 radical (unpaired) electrons. The third-order valence-electron chi connectivity index (χ3n) is 6.87. The van der Waals surface area contributed by atoms with E-state index in [0.717, 1.165) is 36.8 Å². The number of fused-ring (bicyclic) bond motifs is 3. The molecule has 1 fully saturated rings. The van der Waals surface area contributed by atoms with E-state index in [1.807, 2.05) is 26.8 Å². The fourth-order valence-electron chi connectivity index (χ4n) is 5.45. The van der Waals surface area contributed by atoms with Gasteiger partial charge in [0.1, 0.15) is 0 Å². The number of benzene rings is 1. The molecule has 0 saturated heterocycles. The van der Waals surface area contributed by atoms with Crippen LogP contribution in [0.2, 0.25) is 0 Å². The summed E-state index contributed by atoms with van der Waals surface area (Å²) in [6.07, 6.45) is 3.80. The van der Waals surface area contributed by atoms with Crippen molar-refractivity contribution in [3.8, 4) is 0 Å². The first-order chi connectivity index (χ1) is 11.9. The number of carboxylic acids is 1.